The maximum absolute atomic E-state index is 13.5. The molecule has 0 heterocycles. The lowest BCUT2D eigenvalue weighted by atomic mass is 9.82. The molecule has 2 bridgehead atoms. The Kier molecular flexibility index (Phi) is 3.27. The van der Waals surface area contributed by atoms with Gasteiger partial charge >= 0.3 is 5.97 Å². The molecule has 0 aromatic heterocycles. The fourth-order valence-electron chi connectivity index (χ4n) is 3.41. The van der Waals surface area contributed by atoms with Gasteiger partial charge in [-0.3, -0.25) is 9.59 Å². The molecule has 1 fully saturated rings. The molecule has 1 saturated carbocycles. The number of halogens is 1. The number of aliphatic carboxylic acids is 1. The summed E-state index contributed by atoms with van der Waals surface area (Å²) in [6, 6.07) is 4.46. The van der Waals surface area contributed by atoms with Gasteiger partial charge in [0.05, 0.1) is 11.8 Å². The third-order valence-electron chi connectivity index (χ3n) is 4.49. The lowest BCUT2D eigenvalue weighted by Gasteiger charge is -2.23. The predicted molar refractivity (Wildman–Crippen MR) is 75.1 cm³/mol. The molecule has 1 amide bonds. The first-order valence-electron chi connectivity index (χ1n) is 6.95. The van der Waals surface area contributed by atoms with Crippen molar-refractivity contribution in [3.05, 3.63) is 41.7 Å². The Morgan fingerprint density at radius 3 is 2.52 bits per heavy atom. The first-order chi connectivity index (χ1) is 9.97. The molecule has 0 spiro atoms. The molecule has 4 nitrogen and oxygen atoms in total. The van der Waals surface area contributed by atoms with Crippen molar-refractivity contribution in [1.29, 1.82) is 0 Å². The van der Waals surface area contributed by atoms with Crippen molar-refractivity contribution in [3.63, 3.8) is 0 Å². The molecule has 1 aromatic carbocycles. The number of carboxylic acid groups (broad SMARTS) is 1. The Balaban J connectivity index is 1.80. The molecule has 0 aliphatic heterocycles. The summed E-state index contributed by atoms with van der Waals surface area (Å²) in [5.41, 5.74) is 0.859. The summed E-state index contributed by atoms with van der Waals surface area (Å²) in [6.07, 6.45) is 4.51. The van der Waals surface area contributed by atoms with Crippen LogP contribution in [0.2, 0.25) is 0 Å². The van der Waals surface area contributed by atoms with E-state index in [-0.39, 0.29) is 17.7 Å². The monoisotopic (exact) mass is 289 g/mol. The van der Waals surface area contributed by atoms with E-state index in [0.29, 0.717) is 17.7 Å². The lowest BCUT2D eigenvalue weighted by Crippen LogP contribution is -2.36. The molecule has 4 atom stereocenters. The van der Waals surface area contributed by atoms with Gasteiger partial charge in [-0.05, 0) is 42.9 Å². The summed E-state index contributed by atoms with van der Waals surface area (Å²) >= 11 is 0. The van der Waals surface area contributed by atoms with Crippen molar-refractivity contribution in [2.75, 3.05) is 5.32 Å². The smallest absolute Gasteiger partial charge is 0.307 e. The highest BCUT2D eigenvalue weighted by Gasteiger charge is 2.51. The lowest BCUT2D eigenvalue weighted by molar-refractivity contribution is -0.146. The third-order valence-corrected chi connectivity index (χ3v) is 4.49. The fraction of sp³-hybridized carbons (Fsp3) is 0.375. The van der Waals surface area contributed by atoms with Crippen molar-refractivity contribution in [2.45, 2.75) is 13.3 Å². The number of anilines is 1. The summed E-state index contributed by atoms with van der Waals surface area (Å²) in [5.74, 6) is -3.05. The Morgan fingerprint density at radius 1 is 1.24 bits per heavy atom. The SMILES string of the molecule is Cc1ccc(NC(=O)C2C3C=CC(C3)C2C(=O)O)cc1F. The van der Waals surface area contributed by atoms with E-state index >= 15 is 0 Å². The van der Waals surface area contributed by atoms with Crippen LogP contribution in [0.25, 0.3) is 0 Å². The van der Waals surface area contributed by atoms with E-state index in [4.69, 9.17) is 0 Å². The molecule has 21 heavy (non-hydrogen) atoms. The third kappa shape index (κ3) is 2.33. The van der Waals surface area contributed by atoms with Crippen LogP contribution in [0.4, 0.5) is 10.1 Å². The second-order valence-electron chi connectivity index (χ2n) is 5.79. The molecule has 5 heteroatoms. The molecule has 110 valence electrons. The van der Waals surface area contributed by atoms with Crippen LogP contribution in [0.1, 0.15) is 12.0 Å². The van der Waals surface area contributed by atoms with E-state index in [1.807, 2.05) is 12.2 Å². The van der Waals surface area contributed by atoms with Gasteiger partial charge in [0.1, 0.15) is 5.82 Å². The van der Waals surface area contributed by atoms with Gasteiger partial charge in [0.2, 0.25) is 5.91 Å². The molecule has 0 radical (unpaired) electrons. The zero-order valence-electron chi connectivity index (χ0n) is 11.5. The van der Waals surface area contributed by atoms with Gasteiger partial charge < -0.3 is 10.4 Å². The Bertz CT molecular complexity index is 640. The number of rotatable bonds is 3. The number of nitrogens with one attached hydrogen (secondary N) is 1. The van der Waals surface area contributed by atoms with Crippen LogP contribution in [0.15, 0.2) is 30.4 Å². The van der Waals surface area contributed by atoms with Crippen LogP contribution in [-0.4, -0.2) is 17.0 Å². The van der Waals surface area contributed by atoms with Crippen LogP contribution in [0.5, 0.6) is 0 Å². The second-order valence-corrected chi connectivity index (χ2v) is 5.79. The minimum absolute atomic E-state index is 0.0357. The van der Waals surface area contributed by atoms with Gasteiger partial charge in [0, 0.05) is 5.69 Å². The van der Waals surface area contributed by atoms with Crippen LogP contribution < -0.4 is 5.32 Å². The van der Waals surface area contributed by atoms with Crippen LogP contribution in [-0.2, 0) is 9.59 Å². The topological polar surface area (TPSA) is 66.4 Å². The van der Waals surface area contributed by atoms with Crippen LogP contribution >= 0.6 is 0 Å². The van der Waals surface area contributed by atoms with Gasteiger partial charge in [-0.1, -0.05) is 18.2 Å². The normalized spacial score (nSPS) is 29.6. The average molecular weight is 289 g/mol. The first kappa shape index (κ1) is 13.8. The number of hydrogen-bond acceptors (Lipinski definition) is 2. The van der Waals surface area contributed by atoms with Crippen molar-refractivity contribution >= 4 is 17.6 Å². The number of allylic oxidation sites excluding steroid dienone is 2. The van der Waals surface area contributed by atoms with E-state index in [1.165, 1.54) is 6.07 Å². The zero-order valence-corrected chi connectivity index (χ0v) is 11.5. The second kappa shape index (κ2) is 4.98. The van der Waals surface area contributed by atoms with Crippen molar-refractivity contribution in [1.82, 2.24) is 0 Å². The van der Waals surface area contributed by atoms with Crippen LogP contribution in [0.3, 0.4) is 0 Å². The van der Waals surface area contributed by atoms with Crippen LogP contribution in [0, 0.1) is 36.4 Å². The van der Waals surface area contributed by atoms with Gasteiger partial charge in [-0.2, -0.15) is 0 Å². The summed E-state index contributed by atoms with van der Waals surface area (Å²) in [6.45, 7) is 1.64. The molecule has 4 unspecified atom stereocenters. The molecule has 3 rings (SSSR count). The Hall–Kier alpha value is -2.17. The summed E-state index contributed by atoms with van der Waals surface area (Å²) < 4.78 is 13.5. The quantitative estimate of drug-likeness (QED) is 0.841. The summed E-state index contributed by atoms with van der Waals surface area (Å²) in [5, 5.41) is 12.0. The Labute approximate surface area is 121 Å². The summed E-state index contributed by atoms with van der Waals surface area (Å²) in [7, 11) is 0. The molecule has 0 saturated heterocycles. The fourth-order valence-corrected chi connectivity index (χ4v) is 3.41. The summed E-state index contributed by atoms with van der Waals surface area (Å²) in [4.78, 5) is 23.8. The van der Waals surface area contributed by atoms with Crippen molar-refractivity contribution < 1.29 is 19.1 Å². The molecular formula is C16H16FNO3. The predicted octanol–water partition coefficient (Wildman–Crippen LogP) is 2.60. The van der Waals surface area contributed by atoms with Gasteiger partial charge in [0.15, 0.2) is 0 Å². The van der Waals surface area contributed by atoms with E-state index < -0.39 is 23.6 Å². The Morgan fingerprint density at radius 2 is 1.90 bits per heavy atom. The van der Waals surface area contributed by atoms with Gasteiger partial charge in [-0.15, -0.1) is 0 Å². The van der Waals surface area contributed by atoms with E-state index in [2.05, 4.69) is 5.32 Å². The number of fused-ring (bicyclic) bond motifs is 2. The number of amides is 1. The molecule has 1 aromatic rings. The first-order valence-corrected chi connectivity index (χ1v) is 6.95. The standard InChI is InChI=1S/C16H16FNO3/c1-8-2-5-11(7-12(8)17)18-15(19)13-9-3-4-10(6-9)14(13)16(20)21/h2-5,7,9-10,13-14H,6H2,1H3,(H,18,19)(H,20,21). The molecular weight excluding hydrogens is 273 g/mol. The average Bonchev–Trinajstić information content (AvgIpc) is 3.03. The number of carbonyl (C=O) groups is 2. The highest BCUT2D eigenvalue weighted by molar-refractivity contribution is 5.96. The minimum atomic E-state index is -0.943. The molecule has 2 aliphatic carbocycles. The molecule has 2 aliphatic rings. The van der Waals surface area contributed by atoms with Gasteiger partial charge in [0.25, 0.3) is 0 Å². The van der Waals surface area contributed by atoms with Gasteiger partial charge in [-0.25, -0.2) is 4.39 Å². The number of hydrogen-bond donors (Lipinski definition) is 2. The van der Waals surface area contributed by atoms with E-state index in [1.54, 1.807) is 19.1 Å². The number of carboxylic acids is 1. The van der Waals surface area contributed by atoms with Crippen molar-refractivity contribution in [2.24, 2.45) is 23.7 Å². The zero-order chi connectivity index (χ0) is 15.1. The largest absolute Gasteiger partial charge is 0.481 e. The minimum Gasteiger partial charge on any atom is -0.481 e. The van der Waals surface area contributed by atoms with E-state index in [9.17, 15) is 19.1 Å². The number of carbonyl (C=O) groups excluding carboxylic acids is 1. The maximum Gasteiger partial charge on any atom is 0.307 e. The highest BCUT2D eigenvalue weighted by atomic mass is 19.1. The van der Waals surface area contributed by atoms with E-state index in [0.717, 1.165) is 0 Å². The van der Waals surface area contributed by atoms with Crippen molar-refractivity contribution in [3.8, 4) is 0 Å². The highest BCUT2D eigenvalue weighted by Crippen LogP contribution is 2.48. The number of aryl methyl sites for hydroxylation is 1. The maximum atomic E-state index is 13.5. The number of benzene rings is 1. The molecule has 2 N–H and O–H groups in total.